The summed E-state index contributed by atoms with van der Waals surface area (Å²) < 4.78 is 18.0. The van der Waals surface area contributed by atoms with E-state index < -0.39 is 33.8 Å². The van der Waals surface area contributed by atoms with Crippen LogP contribution in [0.25, 0.3) is 0 Å². The van der Waals surface area contributed by atoms with Gasteiger partial charge in [-0.1, -0.05) is 46.4 Å². The number of esters is 1. The van der Waals surface area contributed by atoms with Crippen molar-refractivity contribution in [3.63, 3.8) is 0 Å². The lowest BCUT2D eigenvalue weighted by atomic mass is 10.3. The van der Waals surface area contributed by atoms with E-state index in [9.17, 15) is 19.3 Å². The first-order chi connectivity index (χ1) is 10.7. The summed E-state index contributed by atoms with van der Waals surface area (Å²) >= 11 is 23.0. The van der Waals surface area contributed by atoms with E-state index in [2.05, 4.69) is 4.98 Å². The van der Waals surface area contributed by atoms with Gasteiger partial charge in [0.1, 0.15) is 11.0 Å². The Labute approximate surface area is 147 Å². The van der Waals surface area contributed by atoms with Crippen molar-refractivity contribution in [2.24, 2.45) is 0 Å². The van der Waals surface area contributed by atoms with Crippen molar-refractivity contribution in [2.45, 2.75) is 0 Å². The van der Waals surface area contributed by atoms with Crippen molar-refractivity contribution in [1.82, 2.24) is 4.98 Å². The number of benzene rings is 1. The van der Waals surface area contributed by atoms with Gasteiger partial charge in [0.15, 0.2) is 5.69 Å². The molecule has 120 valence electrons. The summed E-state index contributed by atoms with van der Waals surface area (Å²) in [5.41, 5.74) is -1.15. The molecule has 1 aromatic carbocycles. The molecule has 6 nitrogen and oxygen atoms in total. The Hall–Kier alpha value is -1.67. The highest BCUT2D eigenvalue weighted by Crippen LogP contribution is 2.37. The third-order valence-corrected chi connectivity index (χ3v) is 4.18. The lowest BCUT2D eigenvalue weighted by Gasteiger charge is -2.08. The number of pyridine rings is 1. The van der Waals surface area contributed by atoms with Crippen molar-refractivity contribution in [3.05, 3.63) is 60.0 Å². The molecule has 0 spiro atoms. The number of aromatic nitrogens is 1. The van der Waals surface area contributed by atoms with E-state index in [0.717, 1.165) is 12.1 Å². The summed E-state index contributed by atoms with van der Waals surface area (Å²) in [6.07, 6.45) is 0. The van der Waals surface area contributed by atoms with Crippen LogP contribution in [0.5, 0.6) is 5.75 Å². The Morgan fingerprint density at radius 1 is 1.17 bits per heavy atom. The predicted molar refractivity (Wildman–Crippen MR) is 82.3 cm³/mol. The van der Waals surface area contributed by atoms with Gasteiger partial charge in [-0.2, -0.15) is 0 Å². The molecule has 1 aromatic heterocycles. The van der Waals surface area contributed by atoms with Crippen molar-refractivity contribution in [2.75, 3.05) is 0 Å². The Kier molecular flexibility index (Phi) is 5.26. The number of nitro benzene ring substituents is 1. The molecule has 0 N–H and O–H groups in total. The fourth-order valence-electron chi connectivity index (χ4n) is 1.49. The smallest absolute Gasteiger partial charge is 0.364 e. The standard InChI is InChI=1S/C12H3Cl4FN2O4/c13-7-8(14)10(18-11(16)9(7)15)12(20)23-6-3-4(17)1-2-5(6)19(21)22/h1-3H. The molecular weight excluding hydrogens is 397 g/mol. The van der Waals surface area contributed by atoms with Crippen molar-refractivity contribution >= 4 is 58.1 Å². The molecule has 0 amide bonds. The molecule has 0 radical (unpaired) electrons. The average Bonchev–Trinajstić information content (AvgIpc) is 2.48. The number of rotatable bonds is 3. The fraction of sp³-hybridized carbons (Fsp3) is 0. The number of hydrogen-bond acceptors (Lipinski definition) is 5. The second-order valence-corrected chi connectivity index (χ2v) is 5.44. The summed E-state index contributed by atoms with van der Waals surface area (Å²) in [4.78, 5) is 25.7. The van der Waals surface area contributed by atoms with E-state index in [1.54, 1.807) is 0 Å². The lowest BCUT2D eigenvalue weighted by Crippen LogP contribution is -2.13. The van der Waals surface area contributed by atoms with Gasteiger partial charge in [0.25, 0.3) is 0 Å². The van der Waals surface area contributed by atoms with Crippen LogP contribution in [0.4, 0.5) is 10.1 Å². The normalized spacial score (nSPS) is 10.5. The molecule has 2 aromatic rings. The van der Waals surface area contributed by atoms with Crippen LogP contribution in [0.15, 0.2) is 18.2 Å². The molecule has 0 bridgehead atoms. The SMILES string of the molecule is O=C(Oc1cc(F)ccc1[N+](=O)[O-])c1nc(Cl)c(Cl)c(Cl)c1Cl. The van der Waals surface area contributed by atoms with Crippen molar-refractivity contribution in [1.29, 1.82) is 0 Å². The molecule has 0 aliphatic heterocycles. The fourth-order valence-corrected chi connectivity index (χ4v) is 2.30. The molecule has 0 saturated carbocycles. The number of carbonyl (C=O) groups excluding carboxylic acids is 1. The van der Waals surface area contributed by atoms with Gasteiger partial charge in [-0.15, -0.1) is 0 Å². The van der Waals surface area contributed by atoms with Crippen LogP contribution in [0.1, 0.15) is 10.5 Å². The maximum Gasteiger partial charge on any atom is 0.364 e. The summed E-state index contributed by atoms with van der Waals surface area (Å²) in [7, 11) is 0. The summed E-state index contributed by atoms with van der Waals surface area (Å²) in [5.74, 6) is -2.69. The van der Waals surface area contributed by atoms with Gasteiger partial charge in [0.05, 0.1) is 20.0 Å². The minimum Gasteiger partial charge on any atom is -0.414 e. The third-order valence-electron chi connectivity index (χ3n) is 2.50. The van der Waals surface area contributed by atoms with Gasteiger partial charge >= 0.3 is 11.7 Å². The van der Waals surface area contributed by atoms with Crippen molar-refractivity contribution in [3.8, 4) is 5.75 Å². The zero-order chi connectivity index (χ0) is 17.3. The third kappa shape index (κ3) is 3.64. The highest BCUT2D eigenvalue weighted by atomic mass is 35.5. The molecule has 1 heterocycles. The highest BCUT2D eigenvalue weighted by Gasteiger charge is 2.25. The summed E-state index contributed by atoms with van der Waals surface area (Å²) in [6.45, 7) is 0. The first-order valence-electron chi connectivity index (χ1n) is 5.58. The van der Waals surface area contributed by atoms with Crippen LogP contribution < -0.4 is 4.74 Å². The number of halogens is 5. The molecule has 0 atom stereocenters. The number of nitrogens with zero attached hydrogens (tertiary/aromatic N) is 2. The largest absolute Gasteiger partial charge is 0.414 e. The monoisotopic (exact) mass is 398 g/mol. The Balaban J connectivity index is 2.45. The van der Waals surface area contributed by atoms with E-state index in [0.29, 0.717) is 6.07 Å². The first-order valence-corrected chi connectivity index (χ1v) is 7.09. The second kappa shape index (κ2) is 6.84. The topological polar surface area (TPSA) is 82.3 Å². The van der Waals surface area contributed by atoms with Gasteiger partial charge in [-0.3, -0.25) is 10.1 Å². The van der Waals surface area contributed by atoms with Gasteiger partial charge in [0.2, 0.25) is 5.75 Å². The summed E-state index contributed by atoms with van der Waals surface area (Å²) in [5, 5.41) is 9.77. The summed E-state index contributed by atoms with van der Waals surface area (Å²) in [6, 6.07) is 2.36. The Morgan fingerprint density at radius 2 is 1.83 bits per heavy atom. The van der Waals surface area contributed by atoms with Crippen LogP contribution >= 0.6 is 46.4 Å². The number of hydrogen-bond donors (Lipinski definition) is 0. The maximum absolute atomic E-state index is 13.2. The Bertz CT molecular complexity index is 831. The minimum atomic E-state index is -1.22. The zero-order valence-corrected chi connectivity index (χ0v) is 13.7. The quantitative estimate of drug-likeness (QED) is 0.239. The van der Waals surface area contributed by atoms with E-state index in [1.165, 1.54) is 0 Å². The molecule has 11 heteroatoms. The van der Waals surface area contributed by atoms with E-state index >= 15 is 0 Å². The highest BCUT2D eigenvalue weighted by molar-refractivity contribution is 6.52. The molecule has 0 aliphatic rings. The second-order valence-electron chi connectivity index (χ2n) is 3.95. The predicted octanol–water partition coefficient (Wildman–Crippen LogP) is 4.96. The molecular formula is C12H3Cl4FN2O4. The lowest BCUT2D eigenvalue weighted by molar-refractivity contribution is -0.385. The van der Waals surface area contributed by atoms with Gasteiger partial charge in [0, 0.05) is 12.1 Å². The maximum atomic E-state index is 13.2. The number of carbonyl (C=O) groups is 1. The zero-order valence-electron chi connectivity index (χ0n) is 10.6. The van der Waals surface area contributed by atoms with Crippen LogP contribution in [0.2, 0.25) is 20.2 Å². The van der Waals surface area contributed by atoms with Crippen molar-refractivity contribution < 1.29 is 18.8 Å². The average molecular weight is 400 g/mol. The van der Waals surface area contributed by atoms with Gasteiger partial charge in [-0.05, 0) is 6.07 Å². The first kappa shape index (κ1) is 17.7. The van der Waals surface area contributed by atoms with E-state index in [-0.39, 0.29) is 20.2 Å². The van der Waals surface area contributed by atoms with Gasteiger partial charge in [-0.25, -0.2) is 14.2 Å². The number of nitro groups is 1. The molecule has 23 heavy (non-hydrogen) atoms. The molecule has 0 fully saturated rings. The van der Waals surface area contributed by atoms with Crippen LogP contribution in [0, 0.1) is 15.9 Å². The minimum absolute atomic E-state index is 0.174. The molecule has 0 aliphatic carbocycles. The van der Waals surface area contributed by atoms with Gasteiger partial charge < -0.3 is 4.74 Å². The number of ether oxygens (including phenoxy) is 1. The van der Waals surface area contributed by atoms with Crippen LogP contribution in [-0.2, 0) is 0 Å². The Morgan fingerprint density at radius 3 is 2.43 bits per heavy atom. The van der Waals surface area contributed by atoms with Crippen LogP contribution in [0.3, 0.4) is 0 Å². The molecule has 0 unspecified atom stereocenters. The van der Waals surface area contributed by atoms with E-state index in [4.69, 9.17) is 51.1 Å². The van der Waals surface area contributed by atoms with E-state index in [1.807, 2.05) is 0 Å². The molecule has 0 saturated heterocycles. The van der Waals surface area contributed by atoms with Crippen LogP contribution in [-0.4, -0.2) is 15.9 Å². The molecule has 2 rings (SSSR count).